The van der Waals surface area contributed by atoms with Crippen molar-refractivity contribution in [3.05, 3.63) is 11.4 Å². The molecule has 0 radical (unpaired) electrons. The Hall–Kier alpha value is -1.52. The largest absolute Gasteiger partial charge is 0.395 e. The number of anilines is 1. The van der Waals surface area contributed by atoms with Gasteiger partial charge in [0.05, 0.1) is 11.4 Å². The van der Waals surface area contributed by atoms with Crippen molar-refractivity contribution in [2.75, 3.05) is 5.73 Å². The van der Waals surface area contributed by atoms with Crippen molar-refractivity contribution in [3.8, 4) is 0 Å². The van der Waals surface area contributed by atoms with Gasteiger partial charge in [-0.3, -0.25) is 9.89 Å². The molecule has 1 aromatic heterocycles. The fourth-order valence-corrected chi connectivity index (χ4v) is 1.70. The second-order valence-electron chi connectivity index (χ2n) is 4.33. The highest BCUT2D eigenvalue weighted by molar-refractivity contribution is 5.97. The van der Waals surface area contributed by atoms with Crippen molar-refractivity contribution < 1.29 is 4.79 Å². The number of aryl methyl sites for hydroxylation is 1. The maximum atomic E-state index is 11.9. The number of unbranched alkanes of at least 4 members (excludes halogenated alkanes) is 1. The zero-order chi connectivity index (χ0) is 12.8. The molecule has 5 heteroatoms. The van der Waals surface area contributed by atoms with Crippen LogP contribution in [-0.2, 0) is 6.42 Å². The summed E-state index contributed by atoms with van der Waals surface area (Å²) in [5.74, 6) is -0.193. The van der Waals surface area contributed by atoms with Crippen molar-refractivity contribution in [1.29, 1.82) is 0 Å². The number of rotatable bonds is 6. The van der Waals surface area contributed by atoms with Crippen LogP contribution >= 0.6 is 0 Å². The second kappa shape index (κ2) is 6.27. The van der Waals surface area contributed by atoms with Gasteiger partial charge in [0.25, 0.3) is 5.91 Å². The Kier molecular flexibility index (Phi) is 5.00. The van der Waals surface area contributed by atoms with Gasteiger partial charge >= 0.3 is 0 Å². The summed E-state index contributed by atoms with van der Waals surface area (Å²) < 4.78 is 0. The summed E-state index contributed by atoms with van der Waals surface area (Å²) in [6.45, 7) is 6.10. The Bertz CT molecular complexity index is 373. The molecule has 5 nitrogen and oxygen atoms in total. The van der Waals surface area contributed by atoms with Crippen molar-refractivity contribution in [1.82, 2.24) is 15.5 Å². The number of carbonyl (C=O) groups excluding carboxylic acids is 1. The van der Waals surface area contributed by atoms with Crippen molar-refractivity contribution in [3.63, 3.8) is 0 Å². The molecule has 0 aliphatic heterocycles. The van der Waals surface area contributed by atoms with Gasteiger partial charge in [-0.2, -0.15) is 5.10 Å². The molecular formula is C12H22N4O. The van der Waals surface area contributed by atoms with Crippen LogP contribution in [0.3, 0.4) is 0 Å². The number of aromatic amines is 1. The highest BCUT2D eigenvalue weighted by Gasteiger charge is 2.17. The molecular weight excluding hydrogens is 216 g/mol. The van der Waals surface area contributed by atoms with Crippen molar-refractivity contribution >= 4 is 11.6 Å². The lowest BCUT2D eigenvalue weighted by Gasteiger charge is -2.12. The molecule has 0 aromatic carbocycles. The number of aromatic nitrogens is 2. The van der Waals surface area contributed by atoms with E-state index in [0.29, 0.717) is 11.4 Å². The lowest BCUT2D eigenvalue weighted by atomic mass is 10.1. The predicted molar refractivity (Wildman–Crippen MR) is 68.8 cm³/mol. The summed E-state index contributed by atoms with van der Waals surface area (Å²) in [5.41, 5.74) is 7.43. The maximum absolute atomic E-state index is 11.9. The molecule has 0 saturated heterocycles. The molecule has 4 N–H and O–H groups in total. The molecule has 1 heterocycles. The summed E-state index contributed by atoms with van der Waals surface area (Å²) in [4.78, 5) is 11.9. The van der Waals surface area contributed by atoms with E-state index in [4.69, 9.17) is 5.73 Å². The van der Waals surface area contributed by atoms with E-state index in [9.17, 15) is 4.79 Å². The van der Waals surface area contributed by atoms with Crippen molar-refractivity contribution in [2.24, 2.45) is 0 Å². The fraction of sp³-hybridized carbons (Fsp3) is 0.667. The highest BCUT2D eigenvalue weighted by Crippen LogP contribution is 2.14. The normalized spacial score (nSPS) is 12.4. The van der Waals surface area contributed by atoms with Gasteiger partial charge in [-0.25, -0.2) is 0 Å². The first-order chi connectivity index (χ1) is 8.10. The van der Waals surface area contributed by atoms with E-state index in [0.717, 1.165) is 31.4 Å². The van der Waals surface area contributed by atoms with Gasteiger partial charge in [-0.15, -0.1) is 0 Å². The van der Waals surface area contributed by atoms with Crippen LogP contribution in [0.25, 0.3) is 0 Å². The first kappa shape index (κ1) is 13.5. The van der Waals surface area contributed by atoms with Gasteiger partial charge in [0.1, 0.15) is 0 Å². The number of hydrogen-bond acceptors (Lipinski definition) is 3. The molecule has 0 aliphatic carbocycles. The third kappa shape index (κ3) is 3.47. The average molecular weight is 238 g/mol. The molecule has 1 amide bonds. The van der Waals surface area contributed by atoms with Crippen LogP contribution < -0.4 is 11.1 Å². The summed E-state index contributed by atoms with van der Waals surface area (Å²) in [6.07, 6.45) is 3.97. The van der Waals surface area contributed by atoms with E-state index in [1.165, 1.54) is 0 Å². The second-order valence-corrected chi connectivity index (χ2v) is 4.33. The van der Waals surface area contributed by atoms with Crippen molar-refractivity contribution in [2.45, 2.75) is 52.5 Å². The molecule has 0 bridgehead atoms. The minimum Gasteiger partial charge on any atom is -0.395 e. The highest BCUT2D eigenvalue weighted by atomic mass is 16.2. The minimum absolute atomic E-state index is 0.156. The number of nitrogens with two attached hydrogens (primary N) is 1. The van der Waals surface area contributed by atoms with Crippen LogP contribution in [0.1, 0.15) is 56.2 Å². The van der Waals surface area contributed by atoms with Crippen LogP contribution in [-0.4, -0.2) is 22.1 Å². The minimum atomic E-state index is -0.193. The van der Waals surface area contributed by atoms with E-state index >= 15 is 0 Å². The van der Waals surface area contributed by atoms with Gasteiger partial charge in [-0.05, 0) is 19.8 Å². The number of carbonyl (C=O) groups is 1. The van der Waals surface area contributed by atoms with E-state index < -0.39 is 0 Å². The molecule has 0 spiro atoms. The first-order valence-electron chi connectivity index (χ1n) is 6.23. The molecule has 1 unspecified atom stereocenters. The lowest BCUT2D eigenvalue weighted by Crippen LogP contribution is -2.33. The standard InChI is InChI=1S/C12H22N4O/c1-4-6-7-8(3)14-12(17)11-10(13)9(5-2)15-16-11/h8H,4-7,13H2,1-3H3,(H,14,17)(H,15,16). The molecule has 0 saturated carbocycles. The zero-order valence-electron chi connectivity index (χ0n) is 10.8. The summed E-state index contributed by atoms with van der Waals surface area (Å²) in [7, 11) is 0. The lowest BCUT2D eigenvalue weighted by molar-refractivity contribution is 0.0934. The van der Waals surface area contributed by atoms with Crippen LogP contribution in [0.15, 0.2) is 0 Å². The molecule has 0 aliphatic rings. The molecule has 1 aromatic rings. The number of nitrogen functional groups attached to an aromatic ring is 1. The predicted octanol–water partition coefficient (Wildman–Crippen LogP) is 1.86. The number of H-pyrrole nitrogens is 1. The van der Waals surface area contributed by atoms with Crippen LogP contribution in [0.2, 0.25) is 0 Å². The number of nitrogens with one attached hydrogen (secondary N) is 2. The topological polar surface area (TPSA) is 83.8 Å². The van der Waals surface area contributed by atoms with Crippen LogP contribution in [0, 0.1) is 0 Å². The Labute approximate surface area is 102 Å². The smallest absolute Gasteiger partial charge is 0.274 e. The molecule has 0 fully saturated rings. The Balaban J connectivity index is 2.60. The van der Waals surface area contributed by atoms with Gasteiger partial charge in [0.15, 0.2) is 5.69 Å². The summed E-state index contributed by atoms with van der Waals surface area (Å²) in [6, 6.07) is 0.156. The van der Waals surface area contributed by atoms with Crippen LogP contribution in [0.4, 0.5) is 5.69 Å². The third-order valence-corrected chi connectivity index (χ3v) is 2.82. The molecule has 1 rings (SSSR count). The van der Waals surface area contributed by atoms with E-state index in [-0.39, 0.29) is 11.9 Å². The summed E-state index contributed by atoms with van der Waals surface area (Å²) >= 11 is 0. The fourth-order valence-electron chi connectivity index (χ4n) is 1.70. The quantitative estimate of drug-likeness (QED) is 0.707. The van der Waals surface area contributed by atoms with E-state index in [2.05, 4.69) is 22.4 Å². The number of amides is 1. The van der Waals surface area contributed by atoms with Gasteiger partial charge < -0.3 is 11.1 Å². The van der Waals surface area contributed by atoms with Gasteiger partial charge in [0, 0.05) is 6.04 Å². The number of nitrogens with zero attached hydrogens (tertiary/aromatic N) is 1. The number of hydrogen-bond donors (Lipinski definition) is 3. The molecule has 96 valence electrons. The van der Waals surface area contributed by atoms with Gasteiger partial charge in [0.2, 0.25) is 0 Å². The molecule has 17 heavy (non-hydrogen) atoms. The molecule has 1 atom stereocenters. The Morgan fingerprint density at radius 2 is 2.24 bits per heavy atom. The third-order valence-electron chi connectivity index (χ3n) is 2.82. The van der Waals surface area contributed by atoms with E-state index in [1.807, 2.05) is 13.8 Å². The SMILES string of the molecule is CCCCC(C)NC(=O)c1n[nH]c(CC)c1N. The average Bonchev–Trinajstić information content (AvgIpc) is 2.67. The van der Waals surface area contributed by atoms with Gasteiger partial charge in [-0.1, -0.05) is 26.7 Å². The zero-order valence-corrected chi connectivity index (χ0v) is 10.8. The monoisotopic (exact) mass is 238 g/mol. The Morgan fingerprint density at radius 1 is 1.53 bits per heavy atom. The maximum Gasteiger partial charge on any atom is 0.274 e. The van der Waals surface area contributed by atoms with E-state index in [1.54, 1.807) is 0 Å². The summed E-state index contributed by atoms with van der Waals surface area (Å²) in [5, 5.41) is 9.65. The van der Waals surface area contributed by atoms with Crippen LogP contribution in [0.5, 0.6) is 0 Å². The first-order valence-corrected chi connectivity index (χ1v) is 6.23. The Morgan fingerprint density at radius 3 is 2.76 bits per heavy atom.